The molecule has 0 saturated heterocycles. The third-order valence-electron chi connectivity index (χ3n) is 4.44. The third-order valence-corrected chi connectivity index (χ3v) is 4.44. The second-order valence-electron chi connectivity index (χ2n) is 6.20. The fraction of sp³-hybridized carbons (Fsp3) is 0.500. The van der Waals surface area contributed by atoms with Gasteiger partial charge < -0.3 is 20.5 Å². The highest BCUT2D eigenvalue weighted by Gasteiger charge is 2.23. The van der Waals surface area contributed by atoms with Crippen LogP contribution < -0.4 is 10.6 Å². The number of carbonyl (C=O) groups is 3. The molecule has 2 rings (SSSR count). The predicted octanol–water partition coefficient (Wildman–Crippen LogP) is 1.47. The number of amides is 2. The van der Waals surface area contributed by atoms with E-state index in [4.69, 9.17) is 0 Å². The highest BCUT2D eigenvalue weighted by atomic mass is 16.5. The molecule has 1 atom stereocenters. The molecule has 25 heavy (non-hydrogen) atoms. The van der Waals surface area contributed by atoms with Crippen molar-refractivity contribution in [2.75, 3.05) is 19.0 Å². The van der Waals surface area contributed by atoms with Crippen molar-refractivity contribution >= 4 is 23.5 Å². The minimum absolute atomic E-state index is 0.0677. The molecular formula is C18H24N2O5. The molecule has 1 aromatic carbocycles. The number of ether oxygens (including phenoxy) is 1. The summed E-state index contributed by atoms with van der Waals surface area (Å²) in [7, 11) is 1.28. The third kappa shape index (κ3) is 5.56. The average Bonchev–Trinajstić information content (AvgIpc) is 2.66. The van der Waals surface area contributed by atoms with Gasteiger partial charge in [-0.15, -0.1) is 0 Å². The van der Waals surface area contributed by atoms with Crippen molar-refractivity contribution < 1.29 is 24.2 Å². The van der Waals surface area contributed by atoms with Gasteiger partial charge in [0, 0.05) is 12.2 Å². The molecule has 0 bridgehead atoms. The number of esters is 1. The fourth-order valence-corrected chi connectivity index (χ4v) is 2.96. The zero-order valence-electron chi connectivity index (χ0n) is 14.3. The lowest BCUT2D eigenvalue weighted by Crippen LogP contribution is -2.42. The topological polar surface area (TPSA) is 105 Å². The van der Waals surface area contributed by atoms with E-state index in [0.717, 1.165) is 25.7 Å². The second-order valence-corrected chi connectivity index (χ2v) is 6.20. The van der Waals surface area contributed by atoms with Crippen LogP contribution in [0, 0.1) is 5.92 Å². The first-order valence-electron chi connectivity index (χ1n) is 8.47. The maximum absolute atomic E-state index is 11.9. The number of aliphatic hydroxyl groups is 1. The number of nitrogens with one attached hydrogen (secondary N) is 2. The molecule has 2 amide bonds. The Morgan fingerprint density at radius 1 is 1.12 bits per heavy atom. The van der Waals surface area contributed by atoms with Crippen LogP contribution in [0.15, 0.2) is 24.3 Å². The van der Waals surface area contributed by atoms with Crippen LogP contribution in [0.5, 0.6) is 0 Å². The van der Waals surface area contributed by atoms with Gasteiger partial charge >= 0.3 is 17.8 Å². The van der Waals surface area contributed by atoms with E-state index in [1.54, 1.807) is 0 Å². The Morgan fingerprint density at radius 3 is 2.36 bits per heavy atom. The molecule has 1 unspecified atom stereocenters. The molecule has 3 N–H and O–H groups in total. The number of methoxy groups -OCH3 is 1. The van der Waals surface area contributed by atoms with Crippen molar-refractivity contribution in [2.24, 2.45) is 5.92 Å². The predicted molar refractivity (Wildman–Crippen MR) is 92.0 cm³/mol. The van der Waals surface area contributed by atoms with Crippen LogP contribution in [0.4, 0.5) is 5.69 Å². The van der Waals surface area contributed by atoms with E-state index in [1.165, 1.54) is 37.8 Å². The zero-order chi connectivity index (χ0) is 18.2. The van der Waals surface area contributed by atoms with Gasteiger partial charge in [0.05, 0.1) is 18.8 Å². The molecule has 7 heteroatoms. The minimum atomic E-state index is -0.818. The Hall–Kier alpha value is -2.41. The van der Waals surface area contributed by atoms with Crippen LogP contribution in [0.2, 0.25) is 0 Å². The molecule has 0 radical (unpaired) electrons. The van der Waals surface area contributed by atoms with Gasteiger partial charge in [0.25, 0.3) is 0 Å². The summed E-state index contributed by atoms with van der Waals surface area (Å²) in [6.07, 6.45) is 4.66. The smallest absolute Gasteiger partial charge is 0.337 e. The number of anilines is 1. The van der Waals surface area contributed by atoms with Crippen molar-refractivity contribution in [1.29, 1.82) is 0 Å². The highest BCUT2D eigenvalue weighted by molar-refractivity contribution is 6.39. The van der Waals surface area contributed by atoms with Crippen molar-refractivity contribution in [3.05, 3.63) is 29.8 Å². The summed E-state index contributed by atoms with van der Waals surface area (Å²) in [5.74, 6) is -1.91. The molecule has 0 spiro atoms. The Bertz CT molecular complexity index is 608. The van der Waals surface area contributed by atoms with Gasteiger partial charge in [-0.2, -0.15) is 0 Å². The number of rotatable bonds is 5. The van der Waals surface area contributed by atoms with Crippen LogP contribution in [0.1, 0.15) is 42.5 Å². The van der Waals surface area contributed by atoms with Crippen molar-refractivity contribution in [3.63, 3.8) is 0 Å². The van der Waals surface area contributed by atoms with E-state index in [1.807, 2.05) is 0 Å². The quantitative estimate of drug-likeness (QED) is 0.552. The van der Waals surface area contributed by atoms with Gasteiger partial charge in [0.15, 0.2) is 0 Å². The van der Waals surface area contributed by atoms with Crippen LogP contribution in [-0.2, 0) is 14.3 Å². The van der Waals surface area contributed by atoms with E-state index in [-0.39, 0.29) is 12.5 Å². The van der Waals surface area contributed by atoms with E-state index in [2.05, 4.69) is 15.4 Å². The normalized spacial score (nSPS) is 15.9. The lowest BCUT2D eigenvalue weighted by molar-refractivity contribution is -0.136. The van der Waals surface area contributed by atoms with Crippen molar-refractivity contribution in [1.82, 2.24) is 5.32 Å². The summed E-state index contributed by atoms with van der Waals surface area (Å²) in [6.45, 7) is 0.0677. The molecular weight excluding hydrogens is 324 g/mol. The van der Waals surface area contributed by atoms with E-state index in [9.17, 15) is 19.5 Å². The van der Waals surface area contributed by atoms with Crippen LogP contribution >= 0.6 is 0 Å². The molecule has 0 aliphatic heterocycles. The fourth-order valence-electron chi connectivity index (χ4n) is 2.96. The Balaban J connectivity index is 1.79. The first kappa shape index (κ1) is 18.9. The van der Waals surface area contributed by atoms with Gasteiger partial charge in [0.2, 0.25) is 0 Å². The zero-order valence-corrected chi connectivity index (χ0v) is 14.3. The number of benzene rings is 1. The number of hydrogen-bond donors (Lipinski definition) is 3. The number of hydrogen-bond acceptors (Lipinski definition) is 5. The number of carbonyl (C=O) groups excluding carboxylic acids is 3. The molecule has 1 aliphatic carbocycles. The SMILES string of the molecule is COC(=O)c1ccc(NC(=O)C(=O)NCC(O)C2CCCCC2)cc1. The molecule has 1 saturated carbocycles. The van der Waals surface area contributed by atoms with E-state index in [0.29, 0.717) is 11.3 Å². The standard InChI is InChI=1S/C18H24N2O5/c1-25-18(24)13-7-9-14(10-8-13)20-17(23)16(22)19-11-15(21)12-5-3-2-4-6-12/h7-10,12,15,21H,2-6,11H2,1H3,(H,19,22)(H,20,23). The van der Waals surface area contributed by atoms with Crippen molar-refractivity contribution in [2.45, 2.75) is 38.2 Å². The molecule has 7 nitrogen and oxygen atoms in total. The van der Waals surface area contributed by atoms with Crippen LogP contribution in [0.25, 0.3) is 0 Å². The summed E-state index contributed by atoms with van der Waals surface area (Å²) in [6, 6.07) is 6.00. The maximum Gasteiger partial charge on any atom is 0.337 e. The summed E-state index contributed by atoms with van der Waals surface area (Å²) < 4.78 is 4.59. The van der Waals surface area contributed by atoms with E-state index < -0.39 is 23.9 Å². The Kier molecular flexibility index (Phi) is 6.94. The molecule has 136 valence electrons. The lowest BCUT2D eigenvalue weighted by atomic mass is 9.85. The monoisotopic (exact) mass is 348 g/mol. The molecule has 0 heterocycles. The van der Waals surface area contributed by atoms with Gasteiger partial charge in [-0.05, 0) is 43.0 Å². The molecule has 1 aliphatic rings. The van der Waals surface area contributed by atoms with Gasteiger partial charge in [-0.3, -0.25) is 9.59 Å². The lowest BCUT2D eigenvalue weighted by Gasteiger charge is -2.26. The minimum Gasteiger partial charge on any atom is -0.465 e. The first-order valence-corrected chi connectivity index (χ1v) is 8.47. The van der Waals surface area contributed by atoms with Gasteiger partial charge in [-0.25, -0.2) is 4.79 Å². The van der Waals surface area contributed by atoms with Crippen LogP contribution in [0.3, 0.4) is 0 Å². The van der Waals surface area contributed by atoms with Gasteiger partial charge in [0.1, 0.15) is 0 Å². The molecule has 0 aromatic heterocycles. The van der Waals surface area contributed by atoms with Gasteiger partial charge in [-0.1, -0.05) is 19.3 Å². The van der Waals surface area contributed by atoms with E-state index >= 15 is 0 Å². The maximum atomic E-state index is 11.9. The average molecular weight is 348 g/mol. The summed E-state index contributed by atoms with van der Waals surface area (Å²) in [5, 5.41) is 15.0. The molecule has 1 fully saturated rings. The summed E-state index contributed by atoms with van der Waals surface area (Å²) >= 11 is 0. The Labute approximate surface area is 146 Å². The van der Waals surface area contributed by atoms with Crippen molar-refractivity contribution in [3.8, 4) is 0 Å². The Morgan fingerprint density at radius 2 is 1.76 bits per heavy atom. The van der Waals surface area contributed by atoms with Crippen LogP contribution in [-0.4, -0.2) is 42.6 Å². The summed E-state index contributed by atoms with van der Waals surface area (Å²) in [5.41, 5.74) is 0.737. The number of aliphatic hydroxyl groups excluding tert-OH is 1. The highest BCUT2D eigenvalue weighted by Crippen LogP contribution is 2.26. The summed E-state index contributed by atoms with van der Waals surface area (Å²) in [4.78, 5) is 35.1. The molecule has 1 aromatic rings. The first-order chi connectivity index (χ1) is 12.0. The second kappa shape index (κ2) is 9.17. The largest absolute Gasteiger partial charge is 0.465 e.